The summed E-state index contributed by atoms with van der Waals surface area (Å²) < 4.78 is 28.3. The van der Waals surface area contributed by atoms with Gasteiger partial charge in [0.2, 0.25) is 5.91 Å². The third kappa shape index (κ3) is 5.47. The molecule has 0 spiro atoms. The van der Waals surface area contributed by atoms with E-state index in [4.69, 9.17) is 0 Å². The SMILES string of the molecule is C[C@H]1CCCC[C@H]1NC(=O)CNC(=O)c1ccc(OC(F)F)cc1. The zero-order valence-electron chi connectivity index (χ0n) is 13.6. The van der Waals surface area contributed by atoms with Gasteiger partial charge in [0.25, 0.3) is 5.91 Å². The molecule has 0 heterocycles. The molecule has 1 aromatic carbocycles. The molecule has 24 heavy (non-hydrogen) atoms. The van der Waals surface area contributed by atoms with Crippen LogP contribution in [0.5, 0.6) is 5.75 Å². The van der Waals surface area contributed by atoms with Crippen LogP contribution < -0.4 is 15.4 Å². The van der Waals surface area contributed by atoms with Crippen molar-refractivity contribution in [1.29, 1.82) is 0 Å². The number of hydrogen-bond acceptors (Lipinski definition) is 3. The molecule has 0 aliphatic heterocycles. The molecular formula is C17H22F2N2O3. The van der Waals surface area contributed by atoms with E-state index in [0.717, 1.165) is 19.3 Å². The predicted octanol–water partition coefficient (Wildman–Crippen LogP) is 2.71. The number of carbonyl (C=O) groups excluding carboxylic acids is 2. The Labute approximate surface area is 139 Å². The predicted molar refractivity (Wildman–Crippen MR) is 85.0 cm³/mol. The van der Waals surface area contributed by atoms with Gasteiger partial charge in [0.1, 0.15) is 5.75 Å². The summed E-state index contributed by atoms with van der Waals surface area (Å²) in [5.74, 6) is -0.239. The molecule has 0 aromatic heterocycles. The Bertz CT molecular complexity index is 563. The van der Waals surface area contributed by atoms with Crippen molar-refractivity contribution < 1.29 is 23.1 Å². The van der Waals surface area contributed by atoms with Crippen LogP contribution in [0.2, 0.25) is 0 Å². The fourth-order valence-electron chi connectivity index (χ4n) is 2.84. The summed E-state index contributed by atoms with van der Waals surface area (Å²) in [5, 5.41) is 5.47. The average molecular weight is 340 g/mol. The molecule has 1 fully saturated rings. The second-order valence-corrected chi connectivity index (χ2v) is 6.02. The average Bonchev–Trinajstić information content (AvgIpc) is 2.55. The maximum atomic E-state index is 12.1. The minimum atomic E-state index is -2.91. The lowest BCUT2D eigenvalue weighted by Gasteiger charge is -2.29. The molecule has 0 unspecified atom stereocenters. The maximum Gasteiger partial charge on any atom is 0.387 e. The Kier molecular flexibility index (Phi) is 6.52. The first-order valence-electron chi connectivity index (χ1n) is 8.08. The topological polar surface area (TPSA) is 67.4 Å². The van der Waals surface area contributed by atoms with Gasteiger partial charge in [0, 0.05) is 11.6 Å². The molecule has 2 rings (SSSR count). The number of benzene rings is 1. The number of amides is 2. The van der Waals surface area contributed by atoms with Gasteiger partial charge in [-0.15, -0.1) is 0 Å². The van der Waals surface area contributed by atoms with E-state index in [1.54, 1.807) is 0 Å². The first kappa shape index (κ1) is 18.2. The van der Waals surface area contributed by atoms with Gasteiger partial charge in [0.05, 0.1) is 6.54 Å². The van der Waals surface area contributed by atoms with Gasteiger partial charge in [-0.1, -0.05) is 19.8 Å². The number of alkyl halides is 2. The van der Waals surface area contributed by atoms with Crippen LogP contribution in [-0.4, -0.2) is 31.0 Å². The zero-order chi connectivity index (χ0) is 17.5. The molecular weight excluding hydrogens is 318 g/mol. The maximum absolute atomic E-state index is 12.1. The van der Waals surface area contributed by atoms with Gasteiger partial charge >= 0.3 is 6.61 Å². The normalized spacial score (nSPS) is 20.5. The van der Waals surface area contributed by atoms with Crippen molar-refractivity contribution >= 4 is 11.8 Å². The quantitative estimate of drug-likeness (QED) is 0.837. The minimum absolute atomic E-state index is 0.0226. The van der Waals surface area contributed by atoms with Crippen LogP contribution in [0.4, 0.5) is 8.78 Å². The number of nitrogens with one attached hydrogen (secondary N) is 2. The van der Waals surface area contributed by atoms with E-state index < -0.39 is 12.5 Å². The molecule has 0 saturated heterocycles. The summed E-state index contributed by atoms with van der Waals surface area (Å²) in [7, 11) is 0. The monoisotopic (exact) mass is 340 g/mol. The van der Waals surface area contributed by atoms with Gasteiger partial charge in [-0.3, -0.25) is 9.59 Å². The Morgan fingerprint density at radius 2 is 1.88 bits per heavy atom. The third-order valence-electron chi connectivity index (χ3n) is 4.21. The summed E-state index contributed by atoms with van der Waals surface area (Å²) in [6, 6.07) is 5.46. The van der Waals surface area contributed by atoms with Crippen LogP contribution in [0.15, 0.2) is 24.3 Å². The Morgan fingerprint density at radius 3 is 2.50 bits per heavy atom. The number of hydrogen-bond donors (Lipinski definition) is 2. The van der Waals surface area contributed by atoms with E-state index in [9.17, 15) is 18.4 Å². The highest BCUT2D eigenvalue weighted by Crippen LogP contribution is 2.23. The van der Waals surface area contributed by atoms with Gasteiger partial charge in [-0.05, 0) is 43.0 Å². The zero-order valence-corrected chi connectivity index (χ0v) is 13.6. The molecule has 1 saturated carbocycles. The van der Waals surface area contributed by atoms with Crippen LogP contribution in [0.25, 0.3) is 0 Å². The van der Waals surface area contributed by atoms with Crippen molar-refractivity contribution in [3.05, 3.63) is 29.8 Å². The van der Waals surface area contributed by atoms with E-state index in [1.807, 2.05) is 0 Å². The van der Waals surface area contributed by atoms with Crippen LogP contribution >= 0.6 is 0 Å². The summed E-state index contributed by atoms with van der Waals surface area (Å²) in [6.07, 6.45) is 4.36. The van der Waals surface area contributed by atoms with Crippen LogP contribution in [0, 0.1) is 5.92 Å². The molecule has 1 aliphatic carbocycles. The molecule has 5 nitrogen and oxygen atoms in total. The van der Waals surface area contributed by atoms with Crippen molar-refractivity contribution in [2.24, 2.45) is 5.92 Å². The third-order valence-corrected chi connectivity index (χ3v) is 4.21. The number of ether oxygens (including phenoxy) is 1. The molecule has 132 valence electrons. The fraction of sp³-hybridized carbons (Fsp3) is 0.529. The highest BCUT2D eigenvalue weighted by Gasteiger charge is 2.22. The van der Waals surface area contributed by atoms with Crippen LogP contribution in [0.3, 0.4) is 0 Å². The lowest BCUT2D eigenvalue weighted by Crippen LogP contribution is -2.45. The second kappa shape index (κ2) is 8.61. The first-order valence-corrected chi connectivity index (χ1v) is 8.08. The number of carbonyl (C=O) groups is 2. The number of rotatable bonds is 6. The van der Waals surface area contributed by atoms with E-state index in [-0.39, 0.29) is 29.8 Å². The molecule has 0 bridgehead atoms. The van der Waals surface area contributed by atoms with E-state index in [2.05, 4.69) is 22.3 Å². The molecule has 2 atom stereocenters. The van der Waals surface area contributed by atoms with E-state index >= 15 is 0 Å². The largest absolute Gasteiger partial charge is 0.435 e. The fourth-order valence-corrected chi connectivity index (χ4v) is 2.84. The van der Waals surface area contributed by atoms with E-state index in [1.165, 1.54) is 30.7 Å². The minimum Gasteiger partial charge on any atom is -0.435 e. The Morgan fingerprint density at radius 1 is 1.21 bits per heavy atom. The molecule has 2 N–H and O–H groups in total. The second-order valence-electron chi connectivity index (χ2n) is 6.02. The summed E-state index contributed by atoms with van der Waals surface area (Å²) in [5.41, 5.74) is 0.274. The lowest BCUT2D eigenvalue weighted by molar-refractivity contribution is -0.121. The van der Waals surface area contributed by atoms with E-state index in [0.29, 0.717) is 5.92 Å². The molecule has 2 amide bonds. The summed E-state index contributed by atoms with van der Waals surface area (Å²) in [6.45, 7) is -0.904. The summed E-state index contributed by atoms with van der Waals surface area (Å²) >= 11 is 0. The van der Waals surface area contributed by atoms with Gasteiger partial charge in [-0.2, -0.15) is 8.78 Å². The first-order chi connectivity index (χ1) is 11.5. The molecule has 1 aromatic rings. The lowest BCUT2D eigenvalue weighted by atomic mass is 9.86. The summed E-state index contributed by atoms with van der Waals surface area (Å²) in [4.78, 5) is 23.9. The Balaban J connectivity index is 1.78. The smallest absolute Gasteiger partial charge is 0.387 e. The highest BCUT2D eigenvalue weighted by atomic mass is 19.3. The van der Waals surface area contributed by atoms with Crippen molar-refractivity contribution in [2.45, 2.75) is 45.3 Å². The van der Waals surface area contributed by atoms with Crippen molar-refractivity contribution in [3.63, 3.8) is 0 Å². The molecule has 0 radical (unpaired) electrons. The molecule has 1 aliphatic rings. The van der Waals surface area contributed by atoms with Crippen LogP contribution in [-0.2, 0) is 4.79 Å². The van der Waals surface area contributed by atoms with Gasteiger partial charge in [0.15, 0.2) is 0 Å². The standard InChI is InChI=1S/C17H22F2N2O3/c1-11-4-2-3-5-14(11)21-15(22)10-20-16(23)12-6-8-13(9-7-12)24-17(18)19/h6-9,11,14,17H,2-5,10H2,1H3,(H,20,23)(H,21,22)/t11-,14+/m0/s1. The van der Waals surface area contributed by atoms with Crippen molar-refractivity contribution in [2.75, 3.05) is 6.54 Å². The van der Waals surface area contributed by atoms with Crippen molar-refractivity contribution in [1.82, 2.24) is 10.6 Å². The van der Waals surface area contributed by atoms with Crippen LogP contribution in [0.1, 0.15) is 43.0 Å². The highest BCUT2D eigenvalue weighted by molar-refractivity contribution is 5.96. The van der Waals surface area contributed by atoms with Crippen molar-refractivity contribution in [3.8, 4) is 5.75 Å². The Hall–Kier alpha value is -2.18. The van der Waals surface area contributed by atoms with Gasteiger partial charge < -0.3 is 15.4 Å². The molecule has 7 heteroatoms. The number of halogens is 2. The van der Waals surface area contributed by atoms with Gasteiger partial charge in [-0.25, -0.2) is 0 Å².